The first-order valence-corrected chi connectivity index (χ1v) is 7.83. The van der Waals surface area contributed by atoms with Crippen LogP contribution in [0.1, 0.15) is 31.4 Å². The van der Waals surface area contributed by atoms with Crippen LogP contribution in [0.4, 0.5) is 0 Å². The van der Waals surface area contributed by atoms with Gasteiger partial charge in [0, 0.05) is 18.2 Å². The number of furan rings is 1. The van der Waals surface area contributed by atoms with Gasteiger partial charge in [-0.1, -0.05) is 30.3 Å². The van der Waals surface area contributed by atoms with E-state index in [-0.39, 0.29) is 0 Å². The summed E-state index contributed by atoms with van der Waals surface area (Å²) < 4.78 is 5.90. The second kappa shape index (κ2) is 6.92. The molecule has 1 fully saturated rings. The van der Waals surface area contributed by atoms with Gasteiger partial charge in [0.2, 0.25) is 0 Å². The van der Waals surface area contributed by atoms with Gasteiger partial charge in [-0.2, -0.15) is 0 Å². The molecule has 0 spiro atoms. The molecular formula is C18H23NO2. The summed E-state index contributed by atoms with van der Waals surface area (Å²) in [5.41, 5.74) is 1.12. The lowest BCUT2D eigenvalue weighted by Crippen LogP contribution is -2.33. The Hall–Kier alpha value is -1.58. The Morgan fingerprint density at radius 2 is 1.76 bits per heavy atom. The highest BCUT2D eigenvalue weighted by Gasteiger charge is 2.20. The predicted octanol–water partition coefficient (Wildman–Crippen LogP) is 3.59. The summed E-state index contributed by atoms with van der Waals surface area (Å²) in [7, 11) is 0. The summed E-state index contributed by atoms with van der Waals surface area (Å²) in [5.74, 6) is 2.42. The lowest BCUT2D eigenvalue weighted by Gasteiger charge is -2.27. The van der Waals surface area contributed by atoms with Crippen molar-refractivity contribution in [1.82, 2.24) is 5.32 Å². The van der Waals surface area contributed by atoms with Crippen LogP contribution in [0, 0.1) is 5.92 Å². The lowest BCUT2D eigenvalue weighted by molar-refractivity contribution is 0.174. The molecule has 0 unspecified atom stereocenters. The predicted molar refractivity (Wildman–Crippen MR) is 83.8 cm³/mol. The van der Waals surface area contributed by atoms with Crippen molar-refractivity contribution < 1.29 is 9.52 Å². The van der Waals surface area contributed by atoms with Crippen molar-refractivity contribution in [1.29, 1.82) is 0 Å². The molecule has 0 saturated heterocycles. The Labute approximate surface area is 126 Å². The summed E-state index contributed by atoms with van der Waals surface area (Å²) >= 11 is 0. The van der Waals surface area contributed by atoms with Crippen LogP contribution in [0.3, 0.4) is 0 Å². The van der Waals surface area contributed by atoms with Gasteiger partial charge in [-0.05, 0) is 43.7 Å². The third-order valence-electron chi connectivity index (χ3n) is 4.39. The molecule has 1 heterocycles. The summed E-state index contributed by atoms with van der Waals surface area (Å²) in [4.78, 5) is 0. The first-order chi connectivity index (χ1) is 10.3. The maximum atomic E-state index is 9.16. The molecule has 1 aliphatic rings. The van der Waals surface area contributed by atoms with Crippen molar-refractivity contribution in [3.63, 3.8) is 0 Å². The maximum absolute atomic E-state index is 9.16. The summed E-state index contributed by atoms with van der Waals surface area (Å²) in [5, 5.41) is 12.7. The summed E-state index contributed by atoms with van der Waals surface area (Å²) in [6, 6.07) is 14.8. The van der Waals surface area contributed by atoms with Gasteiger partial charge < -0.3 is 14.8 Å². The Morgan fingerprint density at radius 1 is 1.00 bits per heavy atom. The van der Waals surface area contributed by atoms with E-state index < -0.39 is 0 Å². The van der Waals surface area contributed by atoms with Gasteiger partial charge in [-0.3, -0.25) is 0 Å². The van der Waals surface area contributed by atoms with Gasteiger partial charge in [0.25, 0.3) is 0 Å². The van der Waals surface area contributed by atoms with Crippen LogP contribution < -0.4 is 5.32 Å². The second-order valence-corrected chi connectivity index (χ2v) is 5.91. The number of nitrogens with one attached hydrogen (secondary N) is 1. The topological polar surface area (TPSA) is 45.4 Å². The lowest BCUT2D eigenvalue weighted by atomic mass is 9.86. The van der Waals surface area contributed by atoms with Gasteiger partial charge >= 0.3 is 0 Å². The monoisotopic (exact) mass is 285 g/mol. The zero-order valence-corrected chi connectivity index (χ0v) is 12.3. The van der Waals surface area contributed by atoms with Crippen LogP contribution in [0.15, 0.2) is 46.9 Å². The van der Waals surface area contributed by atoms with Crippen molar-refractivity contribution in [2.24, 2.45) is 5.92 Å². The highest BCUT2D eigenvalue weighted by Crippen LogP contribution is 2.25. The molecule has 3 rings (SSSR count). The maximum Gasteiger partial charge on any atom is 0.134 e. The van der Waals surface area contributed by atoms with E-state index in [4.69, 9.17) is 9.52 Å². The van der Waals surface area contributed by atoms with E-state index >= 15 is 0 Å². The van der Waals surface area contributed by atoms with E-state index in [2.05, 4.69) is 23.5 Å². The quantitative estimate of drug-likeness (QED) is 0.882. The van der Waals surface area contributed by atoms with E-state index in [1.165, 1.54) is 0 Å². The number of hydrogen-bond acceptors (Lipinski definition) is 3. The first-order valence-electron chi connectivity index (χ1n) is 7.83. The van der Waals surface area contributed by atoms with Crippen molar-refractivity contribution in [2.75, 3.05) is 6.61 Å². The molecule has 112 valence electrons. The average Bonchev–Trinajstić information content (AvgIpc) is 3.03. The van der Waals surface area contributed by atoms with E-state index in [1.807, 2.05) is 24.3 Å². The first kappa shape index (κ1) is 14.4. The molecule has 3 nitrogen and oxygen atoms in total. The average molecular weight is 285 g/mol. The standard InChI is InChI=1S/C18H23NO2/c20-13-14-6-8-16(9-7-14)19-12-17-10-11-18(21-17)15-4-2-1-3-5-15/h1-5,10-11,14,16,19-20H,6-9,12-13H2. The van der Waals surface area contributed by atoms with Crippen LogP contribution in [-0.2, 0) is 6.54 Å². The zero-order chi connectivity index (χ0) is 14.5. The van der Waals surface area contributed by atoms with Gasteiger partial charge in [0.1, 0.15) is 11.5 Å². The Kier molecular flexibility index (Phi) is 4.73. The number of rotatable bonds is 5. The molecule has 21 heavy (non-hydrogen) atoms. The fourth-order valence-electron chi connectivity index (χ4n) is 3.02. The third-order valence-corrected chi connectivity index (χ3v) is 4.39. The van der Waals surface area contributed by atoms with E-state index in [0.717, 1.165) is 49.3 Å². The fourth-order valence-corrected chi connectivity index (χ4v) is 3.02. The second-order valence-electron chi connectivity index (χ2n) is 5.91. The molecular weight excluding hydrogens is 262 g/mol. The zero-order valence-electron chi connectivity index (χ0n) is 12.3. The van der Waals surface area contributed by atoms with Gasteiger partial charge in [-0.25, -0.2) is 0 Å². The third kappa shape index (κ3) is 3.74. The van der Waals surface area contributed by atoms with Crippen LogP contribution >= 0.6 is 0 Å². The number of benzene rings is 1. The van der Waals surface area contributed by atoms with Crippen LogP contribution in [0.2, 0.25) is 0 Å². The molecule has 1 aliphatic carbocycles. The molecule has 2 N–H and O–H groups in total. The Balaban J connectivity index is 1.52. The van der Waals surface area contributed by atoms with Crippen molar-refractivity contribution in [2.45, 2.75) is 38.3 Å². The van der Waals surface area contributed by atoms with E-state index in [0.29, 0.717) is 18.6 Å². The molecule has 0 atom stereocenters. The van der Waals surface area contributed by atoms with Gasteiger partial charge in [0.15, 0.2) is 0 Å². The molecule has 2 aromatic rings. The summed E-state index contributed by atoms with van der Waals surface area (Å²) in [6.45, 7) is 1.12. The molecule has 0 bridgehead atoms. The summed E-state index contributed by atoms with van der Waals surface area (Å²) in [6.07, 6.45) is 4.55. The minimum absolute atomic E-state index is 0.339. The minimum atomic E-state index is 0.339. The SMILES string of the molecule is OCC1CCC(NCc2ccc(-c3ccccc3)o2)CC1. The molecule has 0 aliphatic heterocycles. The van der Waals surface area contributed by atoms with Crippen LogP contribution in [-0.4, -0.2) is 17.8 Å². The van der Waals surface area contributed by atoms with Gasteiger partial charge in [-0.15, -0.1) is 0 Å². The number of aliphatic hydroxyl groups is 1. The fraction of sp³-hybridized carbons (Fsp3) is 0.444. The molecule has 0 radical (unpaired) electrons. The molecule has 1 aromatic heterocycles. The number of aliphatic hydroxyl groups excluding tert-OH is 1. The van der Waals surface area contributed by atoms with E-state index in [9.17, 15) is 0 Å². The Morgan fingerprint density at radius 3 is 2.48 bits per heavy atom. The molecule has 1 aromatic carbocycles. The largest absolute Gasteiger partial charge is 0.460 e. The highest BCUT2D eigenvalue weighted by molar-refractivity contribution is 5.57. The molecule has 0 amide bonds. The van der Waals surface area contributed by atoms with Crippen LogP contribution in [0.5, 0.6) is 0 Å². The smallest absolute Gasteiger partial charge is 0.134 e. The van der Waals surface area contributed by atoms with Crippen molar-refractivity contribution in [3.8, 4) is 11.3 Å². The van der Waals surface area contributed by atoms with E-state index in [1.54, 1.807) is 0 Å². The Bertz CT molecular complexity index is 541. The van der Waals surface area contributed by atoms with Gasteiger partial charge in [0.05, 0.1) is 6.54 Å². The normalized spacial score (nSPS) is 22.3. The highest BCUT2D eigenvalue weighted by atomic mass is 16.3. The van der Waals surface area contributed by atoms with Crippen LogP contribution in [0.25, 0.3) is 11.3 Å². The minimum Gasteiger partial charge on any atom is -0.460 e. The molecule has 3 heteroatoms. The number of hydrogen-bond donors (Lipinski definition) is 2. The van der Waals surface area contributed by atoms with Crippen molar-refractivity contribution >= 4 is 0 Å². The molecule has 1 saturated carbocycles. The van der Waals surface area contributed by atoms with Crippen molar-refractivity contribution in [3.05, 3.63) is 48.2 Å².